The molecule has 9 heteroatoms. The average molecular weight is 429 g/mol. The van der Waals surface area contributed by atoms with Crippen LogP contribution in [-0.4, -0.2) is 47.3 Å². The minimum Gasteiger partial charge on any atom is -0.480 e. The third-order valence-electron chi connectivity index (χ3n) is 7.11. The molecule has 9 atom stereocenters. The number of carboxylic acid groups (broad SMARTS) is 1. The molecule has 3 N–H and O–H groups in total. The molecule has 0 heterocycles. The Balaban J connectivity index is 1.50. The van der Waals surface area contributed by atoms with Gasteiger partial charge in [0.05, 0.1) is 5.92 Å². The van der Waals surface area contributed by atoms with Crippen LogP contribution >= 0.6 is 0 Å². The van der Waals surface area contributed by atoms with Crippen LogP contribution in [0.5, 0.6) is 0 Å². The van der Waals surface area contributed by atoms with Crippen LogP contribution in [0.2, 0.25) is 0 Å². The highest BCUT2D eigenvalue weighted by molar-refractivity contribution is 5.86. The van der Waals surface area contributed by atoms with Crippen molar-refractivity contribution in [3.63, 3.8) is 0 Å². The van der Waals surface area contributed by atoms with E-state index in [9.17, 15) is 23.9 Å². The second kappa shape index (κ2) is 8.32. The van der Waals surface area contributed by atoms with E-state index in [0.29, 0.717) is 11.8 Å². The summed E-state index contributed by atoms with van der Waals surface area (Å²) in [6.07, 6.45) is -1.33. The van der Waals surface area contributed by atoms with Gasteiger partial charge in [-0.1, -0.05) is 27.2 Å². The lowest BCUT2D eigenvalue weighted by Gasteiger charge is -2.36. The number of halogens is 1. The van der Waals surface area contributed by atoms with Gasteiger partial charge in [-0.2, -0.15) is 0 Å². The molecular formula is C21H32FNO7. The molecule has 0 aliphatic heterocycles. The molecule has 0 aromatic rings. The number of carboxylic acids is 1. The summed E-state index contributed by atoms with van der Waals surface area (Å²) in [6.45, 7) is 7.68. The number of aliphatic carboxylic acids is 1. The van der Waals surface area contributed by atoms with Crippen molar-refractivity contribution < 1.29 is 38.1 Å². The van der Waals surface area contributed by atoms with Gasteiger partial charge in [-0.15, -0.1) is 0 Å². The van der Waals surface area contributed by atoms with Gasteiger partial charge in [0.2, 0.25) is 6.29 Å². The van der Waals surface area contributed by atoms with Gasteiger partial charge >= 0.3 is 18.1 Å². The number of fused-ring (bicyclic) bond motifs is 1. The summed E-state index contributed by atoms with van der Waals surface area (Å²) in [5.41, 5.74) is 3.65. The molecule has 3 saturated carbocycles. The van der Waals surface area contributed by atoms with Crippen LogP contribution in [0.25, 0.3) is 0 Å². The number of carbonyl (C=O) groups excluding carboxylic acids is 2. The minimum atomic E-state index is -2.08. The molecule has 0 bridgehead atoms. The van der Waals surface area contributed by atoms with Crippen LogP contribution in [0, 0.1) is 35.5 Å². The third-order valence-corrected chi connectivity index (χ3v) is 7.11. The fourth-order valence-electron chi connectivity index (χ4n) is 5.36. The third kappa shape index (κ3) is 4.13. The summed E-state index contributed by atoms with van der Waals surface area (Å²) in [5, 5.41) is 9.27. The van der Waals surface area contributed by atoms with Gasteiger partial charge in [0.1, 0.15) is 17.8 Å². The molecule has 3 aliphatic carbocycles. The number of esters is 1. The van der Waals surface area contributed by atoms with Crippen molar-refractivity contribution in [1.29, 1.82) is 0 Å². The van der Waals surface area contributed by atoms with Crippen LogP contribution < -0.4 is 5.73 Å². The maximum absolute atomic E-state index is 14.0. The Kier molecular flexibility index (Phi) is 6.32. The molecule has 0 saturated heterocycles. The number of hydrogen-bond acceptors (Lipinski definition) is 7. The van der Waals surface area contributed by atoms with Gasteiger partial charge in [-0.3, -0.25) is 9.59 Å². The largest absolute Gasteiger partial charge is 0.511 e. The SMILES string of the molecule is CC(OC(=O)O[C@@H]1C[C@H](C)CC[C@H]1C(C)C)OC(=O)[C@H]1[C@@H]2C[C@H](F)[C@@](N)(C(=O)O)[C@@H]21. The first-order chi connectivity index (χ1) is 14.0. The maximum atomic E-state index is 14.0. The first kappa shape index (κ1) is 22.8. The van der Waals surface area contributed by atoms with Crippen molar-refractivity contribution in [2.45, 2.75) is 77.5 Å². The molecule has 30 heavy (non-hydrogen) atoms. The number of hydrogen-bond donors (Lipinski definition) is 2. The summed E-state index contributed by atoms with van der Waals surface area (Å²) in [5.74, 6) is -3.22. The molecule has 8 nitrogen and oxygen atoms in total. The molecule has 3 fully saturated rings. The van der Waals surface area contributed by atoms with Crippen molar-refractivity contribution >= 4 is 18.1 Å². The molecule has 3 rings (SSSR count). The molecule has 1 unspecified atom stereocenters. The van der Waals surface area contributed by atoms with E-state index in [1.54, 1.807) is 0 Å². The van der Waals surface area contributed by atoms with Crippen molar-refractivity contribution in [2.24, 2.45) is 41.2 Å². The second-order valence-corrected chi connectivity index (χ2v) is 9.51. The van der Waals surface area contributed by atoms with E-state index in [4.69, 9.17) is 19.9 Å². The Morgan fingerprint density at radius 1 is 1.13 bits per heavy atom. The van der Waals surface area contributed by atoms with Crippen LogP contribution in [0.3, 0.4) is 0 Å². The van der Waals surface area contributed by atoms with Crippen molar-refractivity contribution in [1.82, 2.24) is 0 Å². The smallest absolute Gasteiger partial charge is 0.480 e. The zero-order valence-electron chi connectivity index (χ0n) is 17.9. The van der Waals surface area contributed by atoms with E-state index in [1.165, 1.54) is 6.92 Å². The van der Waals surface area contributed by atoms with Crippen molar-refractivity contribution in [3.05, 3.63) is 0 Å². The van der Waals surface area contributed by atoms with E-state index in [-0.39, 0.29) is 18.4 Å². The zero-order chi connectivity index (χ0) is 22.4. The summed E-state index contributed by atoms with van der Waals surface area (Å²) in [6, 6.07) is 0. The first-order valence-corrected chi connectivity index (χ1v) is 10.7. The molecule has 0 aromatic heterocycles. The Bertz CT molecular complexity index is 701. The van der Waals surface area contributed by atoms with Gasteiger partial charge in [0.15, 0.2) is 0 Å². The molecule has 0 amide bonds. The van der Waals surface area contributed by atoms with Gasteiger partial charge in [0, 0.05) is 12.8 Å². The van der Waals surface area contributed by atoms with Crippen LogP contribution in [-0.2, 0) is 23.8 Å². The number of ether oxygens (including phenoxy) is 3. The molecule has 170 valence electrons. The fraction of sp³-hybridized carbons (Fsp3) is 0.857. The Labute approximate surface area is 175 Å². The van der Waals surface area contributed by atoms with Crippen LogP contribution in [0.1, 0.15) is 53.4 Å². The van der Waals surface area contributed by atoms with Gasteiger partial charge < -0.3 is 25.1 Å². The van der Waals surface area contributed by atoms with E-state index in [1.807, 2.05) is 0 Å². The Hall–Kier alpha value is -1.90. The summed E-state index contributed by atoms with van der Waals surface area (Å²) in [4.78, 5) is 36.0. The molecule has 0 spiro atoms. The van der Waals surface area contributed by atoms with Gasteiger partial charge in [0.25, 0.3) is 0 Å². The summed E-state index contributed by atoms with van der Waals surface area (Å²) in [7, 11) is 0. The predicted octanol–water partition coefficient (Wildman–Crippen LogP) is 2.88. The monoisotopic (exact) mass is 429 g/mol. The summed E-state index contributed by atoms with van der Waals surface area (Å²) >= 11 is 0. The Morgan fingerprint density at radius 2 is 1.80 bits per heavy atom. The first-order valence-electron chi connectivity index (χ1n) is 10.7. The van der Waals surface area contributed by atoms with Gasteiger partial charge in [-0.25, -0.2) is 9.18 Å². The van der Waals surface area contributed by atoms with E-state index in [0.717, 1.165) is 19.3 Å². The normalized spacial score (nSPS) is 41.0. The molecule has 3 aliphatic rings. The Morgan fingerprint density at radius 3 is 2.40 bits per heavy atom. The molecular weight excluding hydrogens is 397 g/mol. The van der Waals surface area contributed by atoms with E-state index >= 15 is 0 Å². The number of alkyl halides is 1. The highest BCUT2D eigenvalue weighted by atomic mass is 19.1. The predicted molar refractivity (Wildman–Crippen MR) is 103 cm³/mol. The summed E-state index contributed by atoms with van der Waals surface area (Å²) < 4.78 is 29.7. The lowest BCUT2D eigenvalue weighted by atomic mass is 9.75. The van der Waals surface area contributed by atoms with Crippen molar-refractivity contribution in [3.8, 4) is 0 Å². The standard InChI is InChI=1S/C21H32FNO7/c1-9(2)12-6-5-10(3)7-14(12)30-20(27)29-11(4)28-18(24)16-13-8-15(22)21(23,17(13)16)19(25)26/h9-17H,5-8,23H2,1-4H3,(H,25,26)/t10-,11?,12+,13+,14-,15+,16+,17+,21+/m1/s1. The second-order valence-electron chi connectivity index (χ2n) is 9.51. The quantitative estimate of drug-likeness (QED) is 0.488. The van der Waals surface area contributed by atoms with E-state index < -0.39 is 53.8 Å². The average Bonchev–Trinajstić information content (AvgIpc) is 3.27. The van der Waals surface area contributed by atoms with Crippen LogP contribution in [0.4, 0.5) is 9.18 Å². The molecule has 0 aromatic carbocycles. The number of carbonyl (C=O) groups is 3. The highest BCUT2D eigenvalue weighted by Crippen LogP contribution is 2.62. The van der Waals surface area contributed by atoms with Crippen molar-refractivity contribution in [2.75, 3.05) is 0 Å². The van der Waals surface area contributed by atoms with E-state index in [2.05, 4.69) is 20.8 Å². The fourth-order valence-corrected chi connectivity index (χ4v) is 5.36. The minimum absolute atomic E-state index is 0.0963. The lowest BCUT2D eigenvalue weighted by molar-refractivity contribution is -0.173. The maximum Gasteiger partial charge on any atom is 0.511 e. The highest BCUT2D eigenvalue weighted by Gasteiger charge is 2.75. The lowest BCUT2D eigenvalue weighted by Crippen LogP contribution is -2.56. The number of nitrogens with two attached hydrogens (primary N) is 1. The topological polar surface area (TPSA) is 125 Å². The van der Waals surface area contributed by atoms with Gasteiger partial charge in [-0.05, 0) is 42.9 Å². The number of rotatable bonds is 6. The van der Waals surface area contributed by atoms with Crippen LogP contribution in [0.15, 0.2) is 0 Å². The zero-order valence-corrected chi connectivity index (χ0v) is 17.9. The molecule has 0 radical (unpaired) electrons.